The first-order chi connectivity index (χ1) is 15.2. The second-order valence-electron chi connectivity index (χ2n) is 6.84. The largest absolute Gasteiger partial charge is 0.355 e. The summed E-state index contributed by atoms with van der Waals surface area (Å²) in [6.45, 7) is 4.31. The number of allylic oxidation sites excluding steroid dienone is 1. The maximum Gasteiger partial charge on any atom is 0.262 e. The van der Waals surface area contributed by atoms with E-state index >= 15 is 0 Å². The van der Waals surface area contributed by atoms with Crippen molar-refractivity contribution < 1.29 is 13.2 Å². The summed E-state index contributed by atoms with van der Waals surface area (Å²) in [5.74, 6) is -0.151. The van der Waals surface area contributed by atoms with Crippen LogP contribution in [0, 0.1) is 0 Å². The Hall–Kier alpha value is -2.66. The number of primary sulfonamides is 1. The molecule has 1 heterocycles. The summed E-state index contributed by atoms with van der Waals surface area (Å²) in [5.41, 5.74) is 1.10. The van der Waals surface area contributed by atoms with Gasteiger partial charge in [-0.2, -0.15) is 0 Å². The average molecular weight is 493 g/mol. The van der Waals surface area contributed by atoms with E-state index in [0.717, 1.165) is 17.3 Å². The van der Waals surface area contributed by atoms with E-state index in [1.807, 2.05) is 0 Å². The molecule has 3 N–H and O–H groups in total. The Morgan fingerprint density at radius 1 is 1.25 bits per heavy atom. The number of rotatable bonds is 9. The summed E-state index contributed by atoms with van der Waals surface area (Å²) >= 11 is 7.17. The minimum Gasteiger partial charge on any atom is -0.355 e. The fourth-order valence-corrected chi connectivity index (χ4v) is 4.47. The van der Waals surface area contributed by atoms with Gasteiger partial charge in [-0.3, -0.25) is 14.2 Å². The first-order valence-corrected chi connectivity index (χ1v) is 12.4. The molecule has 1 aromatic heterocycles. The highest BCUT2D eigenvalue weighted by molar-refractivity contribution is 7.99. The molecule has 0 aliphatic rings. The number of carbonyl (C=O) groups is 1. The van der Waals surface area contributed by atoms with Gasteiger partial charge in [0.25, 0.3) is 5.56 Å². The van der Waals surface area contributed by atoms with E-state index in [4.69, 9.17) is 16.7 Å². The predicted octanol–water partition coefficient (Wildman–Crippen LogP) is 2.33. The maximum absolute atomic E-state index is 12.8. The Morgan fingerprint density at radius 2 is 1.97 bits per heavy atom. The van der Waals surface area contributed by atoms with Gasteiger partial charge in [0.05, 0.1) is 21.6 Å². The van der Waals surface area contributed by atoms with Crippen LogP contribution in [0.5, 0.6) is 0 Å². The van der Waals surface area contributed by atoms with Crippen molar-refractivity contribution in [2.24, 2.45) is 5.14 Å². The molecule has 0 fully saturated rings. The Morgan fingerprint density at radius 3 is 2.62 bits per heavy atom. The summed E-state index contributed by atoms with van der Waals surface area (Å²) in [5, 5.41) is 9.19. The van der Waals surface area contributed by atoms with Crippen LogP contribution in [0.1, 0.15) is 5.56 Å². The summed E-state index contributed by atoms with van der Waals surface area (Å²) in [6.07, 6.45) is 2.12. The average Bonchev–Trinajstić information content (AvgIpc) is 2.74. The molecule has 1 amide bonds. The van der Waals surface area contributed by atoms with Crippen LogP contribution in [0.25, 0.3) is 10.9 Å². The molecule has 3 rings (SSSR count). The summed E-state index contributed by atoms with van der Waals surface area (Å²) in [7, 11) is -3.73. The van der Waals surface area contributed by atoms with E-state index in [2.05, 4.69) is 16.9 Å². The molecule has 0 unspecified atom stereocenters. The molecule has 2 aromatic carbocycles. The van der Waals surface area contributed by atoms with Crippen molar-refractivity contribution >= 4 is 50.2 Å². The lowest BCUT2D eigenvalue weighted by Gasteiger charge is -2.12. The number of benzene rings is 2. The van der Waals surface area contributed by atoms with E-state index < -0.39 is 10.0 Å². The molecule has 11 heteroatoms. The summed E-state index contributed by atoms with van der Waals surface area (Å²) in [6, 6.07) is 11.0. The van der Waals surface area contributed by atoms with Crippen LogP contribution >= 0.6 is 23.4 Å². The number of amides is 1. The van der Waals surface area contributed by atoms with Gasteiger partial charge in [0.1, 0.15) is 0 Å². The lowest BCUT2D eigenvalue weighted by Crippen LogP contribution is -2.28. The lowest BCUT2D eigenvalue weighted by molar-refractivity contribution is -0.118. The number of thioether (sulfide) groups is 1. The zero-order chi connectivity index (χ0) is 23.3. The number of fused-ring (bicyclic) bond motifs is 1. The van der Waals surface area contributed by atoms with Crippen molar-refractivity contribution in [2.75, 3.05) is 12.3 Å². The first-order valence-electron chi connectivity index (χ1n) is 9.51. The van der Waals surface area contributed by atoms with Gasteiger partial charge in [-0.05, 0) is 42.3 Å². The van der Waals surface area contributed by atoms with Crippen molar-refractivity contribution in [1.29, 1.82) is 0 Å². The van der Waals surface area contributed by atoms with E-state index in [1.54, 1.807) is 36.4 Å². The molecule has 0 spiro atoms. The molecule has 0 atom stereocenters. The summed E-state index contributed by atoms with van der Waals surface area (Å²) in [4.78, 5) is 29.6. The molecular formula is C21H21ClN4O4S2. The number of nitrogens with zero attached hydrogens (tertiary/aromatic N) is 2. The van der Waals surface area contributed by atoms with Crippen molar-refractivity contribution in [3.8, 4) is 0 Å². The van der Waals surface area contributed by atoms with Gasteiger partial charge < -0.3 is 5.32 Å². The number of carbonyl (C=O) groups excluding carboxylic acids is 1. The standard InChI is InChI=1S/C21H21ClN4O4S2/c1-2-11-26-20(28)17-8-5-15(22)12-18(17)25-21(26)31-13-19(27)24-10-9-14-3-6-16(7-4-14)32(23,29)30/h2-8,12H,1,9-11,13H2,(H,24,27)(H2,23,29,30). The third-order valence-electron chi connectivity index (χ3n) is 4.51. The molecule has 0 radical (unpaired) electrons. The Kier molecular flexibility index (Phi) is 7.73. The third kappa shape index (κ3) is 5.98. The Labute approximate surface area is 194 Å². The maximum atomic E-state index is 12.8. The van der Waals surface area contributed by atoms with Gasteiger partial charge in [-0.15, -0.1) is 6.58 Å². The van der Waals surface area contributed by atoms with Gasteiger partial charge in [0.2, 0.25) is 15.9 Å². The van der Waals surface area contributed by atoms with E-state index in [1.165, 1.54) is 16.7 Å². The quantitative estimate of drug-likeness (QED) is 0.268. The molecule has 0 bridgehead atoms. The van der Waals surface area contributed by atoms with E-state index in [-0.39, 0.29) is 28.7 Å². The minimum atomic E-state index is -3.73. The molecule has 8 nitrogen and oxygen atoms in total. The molecule has 0 saturated carbocycles. The third-order valence-corrected chi connectivity index (χ3v) is 6.65. The number of hydrogen-bond acceptors (Lipinski definition) is 6. The highest BCUT2D eigenvalue weighted by atomic mass is 35.5. The van der Waals surface area contributed by atoms with Crippen LogP contribution in [0.4, 0.5) is 0 Å². The number of halogens is 1. The smallest absolute Gasteiger partial charge is 0.262 e. The monoisotopic (exact) mass is 492 g/mol. The molecule has 3 aromatic rings. The van der Waals surface area contributed by atoms with E-state index in [0.29, 0.717) is 34.0 Å². The van der Waals surface area contributed by atoms with Gasteiger partial charge >= 0.3 is 0 Å². The number of nitrogens with two attached hydrogens (primary N) is 1. The summed E-state index contributed by atoms with van der Waals surface area (Å²) < 4.78 is 24.0. The predicted molar refractivity (Wildman–Crippen MR) is 126 cm³/mol. The highest BCUT2D eigenvalue weighted by Gasteiger charge is 2.13. The van der Waals surface area contributed by atoms with Crippen molar-refractivity contribution in [2.45, 2.75) is 23.0 Å². The molecule has 168 valence electrons. The van der Waals surface area contributed by atoms with Crippen LogP contribution in [-0.2, 0) is 27.8 Å². The van der Waals surface area contributed by atoms with Crippen LogP contribution < -0.4 is 16.0 Å². The topological polar surface area (TPSA) is 124 Å². The fourth-order valence-electron chi connectivity index (χ4n) is 2.95. The van der Waals surface area contributed by atoms with Crippen molar-refractivity contribution in [3.05, 3.63) is 76.1 Å². The number of nitrogens with one attached hydrogen (secondary N) is 1. The molecule has 32 heavy (non-hydrogen) atoms. The second kappa shape index (κ2) is 10.3. The van der Waals surface area contributed by atoms with Gasteiger partial charge in [-0.25, -0.2) is 18.5 Å². The van der Waals surface area contributed by atoms with Crippen LogP contribution in [-0.4, -0.2) is 36.2 Å². The number of hydrogen-bond donors (Lipinski definition) is 2. The highest BCUT2D eigenvalue weighted by Crippen LogP contribution is 2.20. The molecule has 0 saturated heterocycles. The SMILES string of the molecule is C=CCn1c(SCC(=O)NCCc2ccc(S(N)(=O)=O)cc2)nc2cc(Cl)ccc2c1=O. The Balaban J connectivity index is 1.62. The first kappa shape index (κ1) is 24.0. The zero-order valence-electron chi connectivity index (χ0n) is 17.0. The van der Waals surface area contributed by atoms with Crippen LogP contribution in [0.2, 0.25) is 5.02 Å². The van der Waals surface area contributed by atoms with Crippen LogP contribution in [0.15, 0.2) is 70.0 Å². The minimum absolute atomic E-state index is 0.0384. The van der Waals surface area contributed by atoms with Crippen molar-refractivity contribution in [1.82, 2.24) is 14.9 Å². The zero-order valence-corrected chi connectivity index (χ0v) is 19.3. The second-order valence-corrected chi connectivity index (χ2v) is 9.78. The van der Waals surface area contributed by atoms with Crippen LogP contribution in [0.3, 0.4) is 0 Å². The van der Waals surface area contributed by atoms with Gasteiger partial charge in [0, 0.05) is 18.1 Å². The molecule has 0 aliphatic heterocycles. The molecular weight excluding hydrogens is 472 g/mol. The lowest BCUT2D eigenvalue weighted by atomic mass is 10.1. The van der Waals surface area contributed by atoms with Gasteiger partial charge in [-0.1, -0.05) is 41.6 Å². The van der Waals surface area contributed by atoms with E-state index in [9.17, 15) is 18.0 Å². The van der Waals surface area contributed by atoms with Crippen molar-refractivity contribution in [3.63, 3.8) is 0 Å². The number of aromatic nitrogens is 2. The van der Waals surface area contributed by atoms with Gasteiger partial charge in [0.15, 0.2) is 5.16 Å². The molecule has 0 aliphatic carbocycles. The fraction of sp³-hybridized carbons (Fsp3) is 0.190. The number of sulfonamides is 1. The Bertz CT molecular complexity index is 1320. The normalized spacial score (nSPS) is 11.4.